The zero-order valence-electron chi connectivity index (χ0n) is 13.1. The molecule has 0 aliphatic carbocycles. The first-order valence-electron chi connectivity index (χ1n) is 7.24. The highest BCUT2D eigenvalue weighted by atomic mass is 15.3. The summed E-state index contributed by atoms with van der Waals surface area (Å²) in [7, 11) is 0. The van der Waals surface area contributed by atoms with Crippen LogP contribution in [-0.4, -0.2) is 20.8 Å². The lowest BCUT2D eigenvalue weighted by Crippen LogP contribution is -2.21. The van der Waals surface area contributed by atoms with Crippen molar-refractivity contribution in [2.24, 2.45) is 0 Å². The average Bonchev–Trinajstić information content (AvgIpc) is 2.71. The number of nitrogens with zero attached hydrogens (tertiary/aromatic N) is 3. The summed E-state index contributed by atoms with van der Waals surface area (Å²) < 4.78 is 2.05. The Morgan fingerprint density at radius 1 is 1.25 bits per heavy atom. The molecular formula is C16H24N4. The molecule has 4 heteroatoms. The Morgan fingerprint density at radius 2 is 2.00 bits per heavy atom. The van der Waals surface area contributed by atoms with Crippen molar-refractivity contribution >= 4 is 0 Å². The average molecular weight is 272 g/mol. The van der Waals surface area contributed by atoms with Crippen molar-refractivity contribution in [2.45, 2.75) is 53.8 Å². The van der Waals surface area contributed by atoms with Gasteiger partial charge in [-0.05, 0) is 32.4 Å². The molecule has 1 N–H and O–H groups in total. The molecular weight excluding hydrogens is 248 g/mol. The summed E-state index contributed by atoms with van der Waals surface area (Å²) in [6.45, 7) is 12.3. The highest BCUT2D eigenvalue weighted by Crippen LogP contribution is 2.26. The maximum absolute atomic E-state index is 4.58. The van der Waals surface area contributed by atoms with Crippen LogP contribution in [0.1, 0.15) is 37.7 Å². The summed E-state index contributed by atoms with van der Waals surface area (Å²) in [4.78, 5) is 4.38. The molecule has 0 saturated heterocycles. The Morgan fingerprint density at radius 3 is 2.60 bits per heavy atom. The van der Waals surface area contributed by atoms with E-state index in [0.717, 1.165) is 24.3 Å². The van der Waals surface area contributed by atoms with E-state index in [9.17, 15) is 0 Å². The minimum Gasteiger partial charge on any atom is -0.310 e. The first-order valence-corrected chi connectivity index (χ1v) is 7.24. The number of aryl methyl sites for hydroxylation is 2. The maximum atomic E-state index is 4.58. The van der Waals surface area contributed by atoms with Gasteiger partial charge in [0, 0.05) is 48.3 Å². The molecule has 0 saturated carbocycles. The van der Waals surface area contributed by atoms with Gasteiger partial charge < -0.3 is 5.32 Å². The van der Waals surface area contributed by atoms with Gasteiger partial charge in [-0.25, -0.2) is 0 Å². The van der Waals surface area contributed by atoms with Gasteiger partial charge in [0.25, 0.3) is 0 Å². The molecule has 4 nitrogen and oxygen atoms in total. The number of aromatic nitrogens is 3. The minimum absolute atomic E-state index is 0.477. The number of nitrogens with one attached hydrogen (secondary N) is 1. The van der Waals surface area contributed by atoms with Crippen LogP contribution in [0.4, 0.5) is 0 Å². The van der Waals surface area contributed by atoms with Crippen LogP contribution in [0.15, 0.2) is 18.5 Å². The molecule has 20 heavy (non-hydrogen) atoms. The normalized spacial score (nSPS) is 11.3. The van der Waals surface area contributed by atoms with Crippen LogP contribution in [-0.2, 0) is 13.1 Å². The fraction of sp³-hybridized carbons (Fsp3) is 0.500. The Balaban J connectivity index is 2.33. The fourth-order valence-corrected chi connectivity index (χ4v) is 2.47. The van der Waals surface area contributed by atoms with Crippen LogP contribution in [0, 0.1) is 13.8 Å². The molecule has 2 aromatic heterocycles. The van der Waals surface area contributed by atoms with Crippen molar-refractivity contribution in [3.05, 3.63) is 35.4 Å². The summed E-state index contributed by atoms with van der Waals surface area (Å²) in [6, 6.07) is 2.68. The van der Waals surface area contributed by atoms with E-state index >= 15 is 0 Å². The lowest BCUT2D eigenvalue weighted by molar-refractivity contribution is 0.588. The molecule has 0 aliphatic rings. The minimum atomic E-state index is 0.477. The largest absolute Gasteiger partial charge is 0.310 e. The van der Waals surface area contributed by atoms with Crippen molar-refractivity contribution in [1.82, 2.24) is 20.1 Å². The monoisotopic (exact) mass is 272 g/mol. The van der Waals surface area contributed by atoms with Crippen molar-refractivity contribution in [3.8, 4) is 11.1 Å². The second-order valence-electron chi connectivity index (χ2n) is 5.48. The molecule has 108 valence electrons. The standard InChI is InChI=1S/C16H24N4/c1-6-20-13(5)16(12(4)19-20)15-7-14(8-17-10-15)9-18-11(2)3/h7-8,10-11,18H,6,9H2,1-5H3. The third-order valence-corrected chi connectivity index (χ3v) is 3.48. The SMILES string of the molecule is CCn1nc(C)c(-c2cncc(CNC(C)C)c2)c1C. The number of hydrogen-bond donors (Lipinski definition) is 1. The van der Waals surface area contributed by atoms with Crippen molar-refractivity contribution < 1.29 is 0 Å². The predicted octanol–water partition coefficient (Wildman–Crippen LogP) is 3.08. The fourth-order valence-electron chi connectivity index (χ4n) is 2.47. The van der Waals surface area contributed by atoms with E-state index in [1.54, 1.807) is 0 Å². The number of pyridine rings is 1. The second-order valence-corrected chi connectivity index (χ2v) is 5.48. The van der Waals surface area contributed by atoms with Gasteiger partial charge >= 0.3 is 0 Å². The molecule has 0 atom stereocenters. The van der Waals surface area contributed by atoms with E-state index in [1.165, 1.54) is 16.8 Å². The third-order valence-electron chi connectivity index (χ3n) is 3.48. The van der Waals surface area contributed by atoms with Gasteiger partial charge in [0.15, 0.2) is 0 Å². The summed E-state index contributed by atoms with van der Waals surface area (Å²) in [5.41, 5.74) is 5.86. The van der Waals surface area contributed by atoms with E-state index in [1.807, 2.05) is 17.1 Å². The third kappa shape index (κ3) is 3.07. The van der Waals surface area contributed by atoms with Crippen LogP contribution in [0.25, 0.3) is 11.1 Å². The van der Waals surface area contributed by atoms with Crippen LogP contribution < -0.4 is 5.32 Å². The smallest absolute Gasteiger partial charge is 0.0675 e. The molecule has 0 aromatic carbocycles. The quantitative estimate of drug-likeness (QED) is 0.909. The zero-order valence-corrected chi connectivity index (χ0v) is 13.1. The van der Waals surface area contributed by atoms with Gasteiger partial charge in [0.2, 0.25) is 0 Å². The van der Waals surface area contributed by atoms with E-state index in [4.69, 9.17) is 0 Å². The van der Waals surface area contributed by atoms with Gasteiger partial charge in [-0.15, -0.1) is 0 Å². The molecule has 0 aliphatic heterocycles. The Bertz CT molecular complexity index is 584. The highest BCUT2D eigenvalue weighted by Gasteiger charge is 2.13. The van der Waals surface area contributed by atoms with Crippen LogP contribution in [0.5, 0.6) is 0 Å². The summed E-state index contributed by atoms with van der Waals surface area (Å²) in [5, 5.41) is 8.01. The molecule has 2 aromatic rings. The molecule has 0 bridgehead atoms. The topological polar surface area (TPSA) is 42.7 Å². The van der Waals surface area contributed by atoms with E-state index in [-0.39, 0.29) is 0 Å². The van der Waals surface area contributed by atoms with Gasteiger partial charge in [0.1, 0.15) is 0 Å². The number of rotatable bonds is 5. The van der Waals surface area contributed by atoms with Crippen LogP contribution in [0.3, 0.4) is 0 Å². The second kappa shape index (κ2) is 6.18. The first kappa shape index (κ1) is 14.7. The van der Waals surface area contributed by atoms with Crippen molar-refractivity contribution in [1.29, 1.82) is 0 Å². The summed E-state index contributed by atoms with van der Waals surface area (Å²) >= 11 is 0. The van der Waals surface area contributed by atoms with Gasteiger partial charge in [-0.2, -0.15) is 5.10 Å². The Hall–Kier alpha value is -1.68. The van der Waals surface area contributed by atoms with E-state index < -0.39 is 0 Å². The first-order chi connectivity index (χ1) is 9.52. The molecule has 2 heterocycles. The molecule has 0 spiro atoms. The summed E-state index contributed by atoms with van der Waals surface area (Å²) in [5.74, 6) is 0. The lowest BCUT2D eigenvalue weighted by Gasteiger charge is -2.09. The molecule has 0 unspecified atom stereocenters. The number of hydrogen-bond acceptors (Lipinski definition) is 3. The highest BCUT2D eigenvalue weighted by molar-refractivity contribution is 5.68. The Kier molecular flexibility index (Phi) is 4.55. The van der Waals surface area contributed by atoms with Crippen LogP contribution in [0.2, 0.25) is 0 Å². The van der Waals surface area contributed by atoms with E-state index in [0.29, 0.717) is 6.04 Å². The van der Waals surface area contributed by atoms with Crippen LogP contribution >= 0.6 is 0 Å². The Labute approximate surface area is 121 Å². The van der Waals surface area contributed by atoms with Gasteiger partial charge in [0.05, 0.1) is 5.69 Å². The lowest BCUT2D eigenvalue weighted by atomic mass is 10.0. The molecule has 0 fully saturated rings. The predicted molar refractivity (Wildman–Crippen MR) is 82.6 cm³/mol. The van der Waals surface area contributed by atoms with Gasteiger partial charge in [-0.1, -0.05) is 13.8 Å². The van der Waals surface area contributed by atoms with Gasteiger partial charge in [-0.3, -0.25) is 9.67 Å². The molecule has 0 radical (unpaired) electrons. The maximum Gasteiger partial charge on any atom is 0.0675 e. The molecule has 2 rings (SSSR count). The van der Waals surface area contributed by atoms with Crippen molar-refractivity contribution in [3.63, 3.8) is 0 Å². The molecule has 0 amide bonds. The summed E-state index contributed by atoms with van der Waals surface area (Å²) in [6.07, 6.45) is 3.85. The van der Waals surface area contributed by atoms with E-state index in [2.05, 4.69) is 56.1 Å². The van der Waals surface area contributed by atoms with Crippen molar-refractivity contribution in [2.75, 3.05) is 0 Å². The zero-order chi connectivity index (χ0) is 14.7.